The summed E-state index contributed by atoms with van der Waals surface area (Å²) >= 11 is 0. The molecule has 0 bridgehead atoms. The van der Waals surface area contributed by atoms with E-state index in [-0.39, 0.29) is 5.91 Å². The minimum Gasteiger partial charge on any atom is -0.497 e. The summed E-state index contributed by atoms with van der Waals surface area (Å²) in [6.07, 6.45) is 2.62. The number of carbonyl (C=O) groups is 1. The van der Waals surface area contributed by atoms with Crippen molar-refractivity contribution in [2.24, 2.45) is 0 Å². The normalized spacial score (nSPS) is 12.1. The van der Waals surface area contributed by atoms with Gasteiger partial charge in [0.2, 0.25) is 15.9 Å². The first-order chi connectivity index (χ1) is 13.8. The number of hydrogen-bond acceptors (Lipinski definition) is 5. The molecule has 0 fully saturated rings. The quantitative estimate of drug-likeness (QED) is 0.597. The Morgan fingerprint density at radius 3 is 2.31 bits per heavy atom. The van der Waals surface area contributed by atoms with Crippen LogP contribution in [-0.2, 0) is 21.2 Å². The minimum atomic E-state index is -3.66. The van der Waals surface area contributed by atoms with Crippen molar-refractivity contribution in [2.75, 3.05) is 31.3 Å². The van der Waals surface area contributed by atoms with Gasteiger partial charge in [-0.2, -0.15) is 0 Å². The number of anilines is 1. The lowest BCUT2D eigenvalue weighted by atomic mass is 10.1. The number of carbonyl (C=O) groups excluding carboxylic acids is 1. The van der Waals surface area contributed by atoms with Gasteiger partial charge in [-0.25, -0.2) is 8.42 Å². The number of methoxy groups -OCH3 is 2. The first-order valence-electron chi connectivity index (χ1n) is 9.30. The van der Waals surface area contributed by atoms with E-state index in [9.17, 15) is 13.2 Å². The van der Waals surface area contributed by atoms with Crippen LogP contribution < -0.4 is 19.1 Å². The van der Waals surface area contributed by atoms with Gasteiger partial charge in [0.05, 0.1) is 26.2 Å². The molecule has 0 aliphatic rings. The van der Waals surface area contributed by atoms with Crippen molar-refractivity contribution in [3.05, 3.63) is 54.1 Å². The van der Waals surface area contributed by atoms with E-state index in [1.807, 2.05) is 24.3 Å². The van der Waals surface area contributed by atoms with Crippen LogP contribution in [0.25, 0.3) is 0 Å². The Bertz CT molecular complexity index is 913. The number of amides is 1. The van der Waals surface area contributed by atoms with Crippen LogP contribution >= 0.6 is 0 Å². The van der Waals surface area contributed by atoms with Gasteiger partial charge in [0, 0.05) is 12.6 Å². The average molecular weight is 421 g/mol. The zero-order valence-electron chi connectivity index (χ0n) is 17.2. The molecule has 8 heteroatoms. The number of sulfonamides is 1. The lowest BCUT2D eigenvalue weighted by molar-refractivity contribution is -0.121. The van der Waals surface area contributed by atoms with Crippen LogP contribution in [-0.4, -0.2) is 47.4 Å². The summed E-state index contributed by atoms with van der Waals surface area (Å²) in [5.41, 5.74) is 1.52. The van der Waals surface area contributed by atoms with Gasteiger partial charge in [-0.3, -0.25) is 9.10 Å². The van der Waals surface area contributed by atoms with Gasteiger partial charge in [-0.1, -0.05) is 18.2 Å². The third-order valence-electron chi connectivity index (χ3n) is 4.50. The van der Waals surface area contributed by atoms with Gasteiger partial charge in [-0.05, 0) is 49.6 Å². The molecule has 2 aromatic rings. The average Bonchev–Trinajstić information content (AvgIpc) is 2.70. The molecule has 0 saturated carbocycles. The van der Waals surface area contributed by atoms with Gasteiger partial charge >= 0.3 is 0 Å². The molecule has 0 radical (unpaired) electrons. The number of aryl methyl sites for hydroxylation is 1. The molecule has 0 aliphatic heterocycles. The molecule has 7 nitrogen and oxygen atoms in total. The second kappa shape index (κ2) is 10.2. The predicted octanol–water partition coefficient (Wildman–Crippen LogP) is 2.61. The summed E-state index contributed by atoms with van der Waals surface area (Å²) in [6, 6.07) is 13.5. The van der Waals surface area contributed by atoms with Crippen LogP contribution in [0.4, 0.5) is 5.69 Å². The molecule has 0 aliphatic carbocycles. The van der Waals surface area contributed by atoms with Crippen molar-refractivity contribution in [1.29, 1.82) is 0 Å². The van der Waals surface area contributed by atoms with Crippen LogP contribution in [0.1, 0.15) is 18.9 Å². The minimum absolute atomic E-state index is 0.354. The highest BCUT2D eigenvalue weighted by molar-refractivity contribution is 7.92. The Kier molecular flexibility index (Phi) is 7.90. The third-order valence-corrected chi connectivity index (χ3v) is 5.74. The highest BCUT2D eigenvalue weighted by Gasteiger charge is 2.29. The zero-order valence-corrected chi connectivity index (χ0v) is 18.0. The highest BCUT2D eigenvalue weighted by atomic mass is 32.2. The fraction of sp³-hybridized carbons (Fsp3) is 0.381. The number of ether oxygens (including phenoxy) is 2. The number of nitrogens with zero attached hydrogens (tertiary/aromatic N) is 1. The van der Waals surface area contributed by atoms with Crippen LogP contribution in [0.2, 0.25) is 0 Å². The standard InChI is InChI=1S/C21H28N2O5S/c1-16(23(29(4,25)26)18-8-5-9-20(15-18)28-3)21(24)22-14-6-7-17-10-12-19(27-2)13-11-17/h5,8-13,15-16H,6-7,14H2,1-4H3,(H,22,24). The van der Waals surface area contributed by atoms with E-state index in [2.05, 4.69) is 5.32 Å². The molecule has 2 rings (SSSR count). The van der Waals surface area contributed by atoms with Gasteiger partial charge in [0.25, 0.3) is 0 Å². The number of benzene rings is 2. The van der Waals surface area contributed by atoms with Crippen LogP contribution in [0.5, 0.6) is 11.5 Å². The van der Waals surface area contributed by atoms with Gasteiger partial charge in [0.15, 0.2) is 0 Å². The molecule has 1 N–H and O–H groups in total. The summed E-state index contributed by atoms with van der Waals surface area (Å²) in [5.74, 6) is 0.963. The van der Waals surface area contributed by atoms with E-state index < -0.39 is 16.1 Å². The second-order valence-corrected chi connectivity index (χ2v) is 8.54. The molecular formula is C21H28N2O5S. The summed E-state index contributed by atoms with van der Waals surface area (Å²) < 4.78 is 36.1. The van der Waals surface area contributed by atoms with Gasteiger partial charge in [-0.15, -0.1) is 0 Å². The predicted molar refractivity (Wildman–Crippen MR) is 114 cm³/mol. The first kappa shape index (κ1) is 22.5. The molecule has 1 atom stereocenters. The maximum Gasteiger partial charge on any atom is 0.243 e. The first-order valence-corrected chi connectivity index (χ1v) is 11.1. The van der Waals surface area contributed by atoms with Crippen molar-refractivity contribution in [3.63, 3.8) is 0 Å². The largest absolute Gasteiger partial charge is 0.497 e. The Morgan fingerprint density at radius 1 is 1.07 bits per heavy atom. The molecule has 158 valence electrons. The fourth-order valence-electron chi connectivity index (χ4n) is 3.00. The van der Waals surface area contributed by atoms with E-state index in [0.29, 0.717) is 18.0 Å². The molecule has 0 aromatic heterocycles. The molecule has 0 spiro atoms. The van der Waals surface area contributed by atoms with E-state index in [0.717, 1.165) is 34.7 Å². The topological polar surface area (TPSA) is 84.9 Å². The highest BCUT2D eigenvalue weighted by Crippen LogP contribution is 2.25. The van der Waals surface area contributed by atoms with Crippen molar-refractivity contribution >= 4 is 21.6 Å². The Balaban J connectivity index is 1.97. The van der Waals surface area contributed by atoms with Crippen molar-refractivity contribution < 1.29 is 22.7 Å². The van der Waals surface area contributed by atoms with Gasteiger partial charge < -0.3 is 14.8 Å². The van der Waals surface area contributed by atoms with Crippen LogP contribution in [0.3, 0.4) is 0 Å². The molecule has 29 heavy (non-hydrogen) atoms. The smallest absolute Gasteiger partial charge is 0.243 e. The molecule has 1 amide bonds. The SMILES string of the molecule is COc1ccc(CCCNC(=O)C(C)N(c2cccc(OC)c2)S(C)(=O)=O)cc1. The Hall–Kier alpha value is -2.74. The molecular weight excluding hydrogens is 392 g/mol. The van der Waals surface area contributed by atoms with E-state index in [1.54, 1.807) is 38.3 Å². The summed E-state index contributed by atoms with van der Waals surface area (Å²) in [5, 5.41) is 2.83. The van der Waals surface area contributed by atoms with Crippen molar-refractivity contribution in [3.8, 4) is 11.5 Å². The maximum atomic E-state index is 12.6. The lowest BCUT2D eigenvalue weighted by Gasteiger charge is -2.28. The third kappa shape index (κ3) is 6.39. The molecule has 0 heterocycles. The molecule has 0 saturated heterocycles. The van der Waals surface area contributed by atoms with Crippen molar-refractivity contribution in [2.45, 2.75) is 25.8 Å². The summed E-state index contributed by atoms with van der Waals surface area (Å²) in [7, 11) is -0.537. The summed E-state index contributed by atoms with van der Waals surface area (Å²) in [4.78, 5) is 12.6. The molecule has 1 unspecified atom stereocenters. The van der Waals surface area contributed by atoms with E-state index in [1.165, 1.54) is 7.11 Å². The second-order valence-electron chi connectivity index (χ2n) is 6.68. The monoisotopic (exact) mass is 420 g/mol. The van der Waals surface area contributed by atoms with Crippen molar-refractivity contribution in [1.82, 2.24) is 5.32 Å². The van der Waals surface area contributed by atoms with Crippen LogP contribution in [0.15, 0.2) is 48.5 Å². The number of rotatable bonds is 10. The fourth-order valence-corrected chi connectivity index (χ4v) is 4.17. The van der Waals surface area contributed by atoms with Gasteiger partial charge in [0.1, 0.15) is 17.5 Å². The Morgan fingerprint density at radius 2 is 1.72 bits per heavy atom. The molecule has 2 aromatic carbocycles. The Labute approximate surface area is 172 Å². The number of nitrogens with one attached hydrogen (secondary N) is 1. The zero-order chi connectivity index (χ0) is 21.4. The maximum absolute atomic E-state index is 12.6. The van der Waals surface area contributed by atoms with E-state index in [4.69, 9.17) is 9.47 Å². The van der Waals surface area contributed by atoms with E-state index >= 15 is 0 Å². The summed E-state index contributed by atoms with van der Waals surface area (Å²) in [6.45, 7) is 2.02. The number of hydrogen-bond donors (Lipinski definition) is 1. The lowest BCUT2D eigenvalue weighted by Crippen LogP contribution is -2.48. The van der Waals surface area contributed by atoms with Crippen LogP contribution in [0, 0.1) is 0 Å².